The van der Waals surface area contributed by atoms with Crippen LogP contribution in [0.1, 0.15) is 23.8 Å². The first-order valence-electron chi connectivity index (χ1n) is 7.51. The Bertz CT molecular complexity index is 581. The van der Waals surface area contributed by atoms with Crippen molar-refractivity contribution in [3.8, 4) is 0 Å². The topological polar surface area (TPSA) is 66.3 Å². The number of carbonyl (C=O) groups is 1. The maximum atomic E-state index is 11.7. The fourth-order valence-electron chi connectivity index (χ4n) is 2.32. The Morgan fingerprint density at radius 2 is 1.86 bits per heavy atom. The van der Waals surface area contributed by atoms with Gasteiger partial charge in [0.1, 0.15) is 0 Å². The summed E-state index contributed by atoms with van der Waals surface area (Å²) in [5.41, 5.74) is 2.05. The second kappa shape index (κ2) is 8.24. The Morgan fingerprint density at radius 3 is 2.55 bits per heavy atom. The van der Waals surface area contributed by atoms with Crippen molar-refractivity contribution in [3.63, 3.8) is 0 Å². The molecule has 1 aromatic heterocycles. The SMILES string of the molecule is Cn1cccc1[C@H](O)CCNC(=O)NCCc1ccccc1. The van der Waals surface area contributed by atoms with Crippen molar-refractivity contribution in [3.05, 3.63) is 59.9 Å². The molecule has 0 bridgehead atoms. The summed E-state index contributed by atoms with van der Waals surface area (Å²) < 4.78 is 1.88. The molecule has 118 valence electrons. The molecule has 2 rings (SSSR count). The molecule has 1 atom stereocenters. The van der Waals surface area contributed by atoms with Crippen molar-refractivity contribution >= 4 is 6.03 Å². The van der Waals surface area contributed by atoms with Crippen LogP contribution < -0.4 is 10.6 Å². The summed E-state index contributed by atoms with van der Waals surface area (Å²) in [5.74, 6) is 0. The monoisotopic (exact) mass is 301 g/mol. The van der Waals surface area contributed by atoms with Crippen molar-refractivity contribution in [1.82, 2.24) is 15.2 Å². The lowest BCUT2D eigenvalue weighted by molar-refractivity contribution is 0.159. The summed E-state index contributed by atoms with van der Waals surface area (Å²) >= 11 is 0. The minimum Gasteiger partial charge on any atom is -0.387 e. The van der Waals surface area contributed by atoms with Crippen LogP contribution in [0.5, 0.6) is 0 Å². The summed E-state index contributed by atoms with van der Waals surface area (Å²) in [5, 5.41) is 15.6. The summed E-state index contributed by atoms with van der Waals surface area (Å²) in [7, 11) is 1.89. The normalized spacial score (nSPS) is 11.9. The Hall–Kier alpha value is -2.27. The lowest BCUT2D eigenvalue weighted by Gasteiger charge is -2.13. The molecule has 0 aliphatic heterocycles. The Balaban J connectivity index is 1.61. The number of aromatic nitrogens is 1. The molecule has 3 N–H and O–H groups in total. The molecule has 5 nitrogen and oxygen atoms in total. The summed E-state index contributed by atoms with van der Waals surface area (Å²) in [6.07, 6.45) is 2.62. The highest BCUT2D eigenvalue weighted by atomic mass is 16.3. The van der Waals surface area contributed by atoms with Crippen molar-refractivity contribution in [2.45, 2.75) is 18.9 Å². The standard InChI is InChI=1S/C17H23N3O2/c1-20-13-5-8-15(20)16(21)10-12-19-17(22)18-11-9-14-6-3-2-4-7-14/h2-8,13,16,21H,9-12H2,1H3,(H2,18,19,22)/t16-/m1/s1. The van der Waals surface area contributed by atoms with E-state index in [4.69, 9.17) is 0 Å². The number of hydrogen-bond acceptors (Lipinski definition) is 2. The molecule has 2 aromatic rings. The van der Waals surface area contributed by atoms with Crippen molar-refractivity contribution in [1.29, 1.82) is 0 Å². The quantitative estimate of drug-likeness (QED) is 0.732. The fourth-order valence-corrected chi connectivity index (χ4v) is 2.32. The van der Waals surface area contributed by atoms with Gasteiger partial charge in [0.25, 0.3) is 0 Å². The zero-order valence-corrected chi connectivity index (χ0v) is 12.8. The highest BCUT2D eigenvalue weighted by Crippen LogP contribution is 2.15. The molecule has 0 unspecified atom stereocenters. The lowest BCUT2D eigenvalue weighted by Crippen LogP contribution is -2.37. The molecule has 2 amide bonds. The number of amides is 2. The van der Waals surface area contributed by atoms with Gasteiger partial charge in [0.05, 0.1) is 6.10 Å². The number of rotatable bonds is 7. The van der Waals surface area contributed by atoms with Crippen LogP contribution in [0.2, 0.25) is 0 Å². The van der Waals surface area contributed by atoms with Crippen LogP contribution in [-0.4, -0.2) is 28.8 Å². The van der Waals surface area contributed by atoms with Crippen LogP contribution in [0.4, 0.5) is 4.79 Å². The first-order valence-corrected chi connectivity index (χ1v) is 7.51. The molecule has 0 aliphatic rings. The molecule has 0 saturated carbocycles. The van der Waals surface area contributed by atoms with Crippen molar-refractivity contribution < 1.29 is 9.90 Å². The van der Waals surface area contributed by atoms with Gasteiger partial charge in [-0.2, -0.15) is 0 Å². The number of aliphatic hydroxyl groups excluding tert-OH is 1. The molecule has 1 heterocycles. The Morgan fingerprint density at radius 1 is 1.14 bits per heavy atom. The summed E-state index contributed by atoms with van der Waals surface area (Å²) in [6.45, 7) is 1.03. The molecular weight excluding hydrogens is 278 g/mol. The van der Waals surface area contributed by atoms with Crippen LogP contribution in [0.15, 0.2) is 48.7 Å². The number of nitrogens with zero attached hydrogens (tertiary/aromatic N) is 1. The molecule has 0 aliphatic carbocycles. The third-order valence-corrected chi connectivity index (χ3v) is 3.57. The predicted octanol–water partition coefficient (Wildman–Crippen LogP) is 1.99. The first-order chi connectivity index (χ1) is 10.7. The molecule has 5 heteroatoms. The smallest absolute Gasteiger partial charge is 0.314 e. The van der Waals surface area contributed by atoms with Crippen molar-refractivity contribution in [2.24, 2.45) is 7.05 Å². The van der Waals surface area contributed by atoms with Crippen LogP contribution in [0.3, 0.4) is 0 Å². The molecular formula is C17H23N3O2. The molecule has 22 heavy (non-hydrogen) atoms. The van der Waals surface area contributed by atoms with E-state index in [9.17, 15) is 9.90 Å². The zero-order chi connectivity index (χ0) is 15.8. The average Bonchev–Trinajstić information content (AvgIpc) is 2.94. The largest absolute Gasteiger partial charge is 0.387 e. The number of aliphatic hydroxyl groups is 1. The van der Waals surface area contributed by atoms with Crippen LogP contribution >= 0.6 is 0 Å². The van der Waals surface area contributed by atoms with Gasteiger partial charge in [-0.15, -0.1) is 0 Å². The third kappa shape index (κ3) is 4.93. The molecule has 0 saturated heterocycles. The maximum Gasteiger partial charge on any atom is 0.314 e. The first kappa shape index (κ1) is 16.1. The summed E-state index contributed by atoms with van der Waals surface area (Å²) in [6, 6.07) is 13.6. The van der Waals surface area contributed by atoms with Crippen LogP contribution in [0.25, 0.3) is 0 Å². The average molecular weight is 301 g/mol. The van der Waals surface area contributed by atoms with Gasteiger partial charge >= 0.3 is 6.03 Å². The number of urea groups is 1. The lowest BCUT2D eigenvalue weighted by atomic mass is 10.1. The van der Waals surface area contributed by atoms with Gasteiger partial charge < -0.3 is 20.3 Å². The zero-order valence-electron chi connectivity index (χ0n) is 12.8. The fraction of sp³-hybridized carbons (Fsp3) is 0.353. The highest BCUT2D eigenvalue weighted by molar-refractivity contribution is 5.73. The number of hydrogen-bond donors (Lipinski definition) is 3. The van der Waals surface area contributed by atoms with Gasteiger partial charge in [-0.25, -0.2) is 4.79 Å². The molecule has 1 aromatic carbocycles. The van der Waals surface area contributed by atoms with E-state index in [1.54, 1.807) is 0 Å². The van der Waals surface area contributed by atoms with Gasteiger partial charge in [0.2, 0.25) is 0 Å². The minimum absolute atomic E-state index is 0.199. The Labute approximate surface area is 131 Å². The predicted molar refractivity (Wildman–Crippen MR) is 86.5 cm³/mol. The van der Waals surface area contributed by atoms with Gasteiger partial charge in [-0.3, -0.25) is 0 Å². The number of carbonyl (C=O) groups excluding carboxylic acids is 1. The van der Waals surface area contributed by atoms with E-state index in [2.05, 4.69) is 10.6 Å². The second-order valence-electron chi connectivity index (χ2n) is 5.27. The van der Waals surface area contributed by atoms with Gasteiger partial charge in [0.15, 0.2) is 0 Å². The number of benzene rings is 1. The highest BCUT2D eigenvalue weighted by Gasteiger charge is 2.10. The van der Waals surface area contributed by atoms with E-state index in [0.717, 1.165) is 12.1 Å². The van der Waals surface area contributed by atoms with E-state index >= 15 is 0 Å². The molecule has 0 fully saturated rings. The van der Waals surface area contributed by atoms with Gasteiger partial charge in [-0.1, -0.05) is 30.3 Å². The van der Waals surface area contributed by atoms with E-state index in [1.165, 1.54) is 5.56 Å². The van der Waals surface area contributed by atoms with Crippen molar-refractivity contribution in [2.75, 3.05) is 13.1 Å². The van der Waals surface area contributed by atoms with Crippen LogP contribution in [0, 0.1) is 0 Å². The van der Waals surface area contributed by atoms with E-state index in [-0.39, 0.29) is 6.03 Å². The molecule has 0 spiro atoms. The van der Waals surface area contributed by atoms with E-state index in [0.29, 0.717) is 19.5 Å². The van der Waals surface area contributed by atoms with Gasteiger partial charge in [0, 0.05) is 32.0 Å². The Kier molecular flexibility index (Phi) is 6.03. The summed E-state index contributed by atoms with van der Waals surface area (Å²) in [4.78, 5) is 11.7. The van der Waals surface area contributed by atoms with E-state index in [1.807, 2.05) is 60.3 Å². The second-order valence-corrected chi connectivity index (χ2v) is 5.27. The number of aryl methyl sites for hydroxylation is 1. The number of nitrogens with one attached hydrogen (secondary N) is 2. The molecule has 0 radical (unpaired) electrons. The maximum absolute atomic E-state index is 11.7. The van der Waals surface area contributed by atoms with Gasteiger partial charge in [-0.05, 0) is 30.5 Å². The minimum atomic E-state index is -0.565. The van der Waals surface area contributed by atoms with Crippen LogP contribution in [-0.2, 0) is 13.5 Å². The van der Waals surface area contributed by atoms with E-state index < -0.39 is 6.10 Å². The third-order valence-electron chi connectivity index (χ3n) is 3.57.